The molecule has 0 aliphatic carbocycles. The Morgan fingerprint density at radius 2 is 2.25 bits per heavy atom. The minimum absolute atomic E-state index is 0.214. The largest absolute Gasteiger partial charge is 0.584 e. The number of hydrogen-bond donors (Lipinski definition) is 1. The lowest BCUT2D eigenvalue weighted by atomic mass is 10.4. The first kappa shape index (κ1) is 7.73. The van der Waals surface area contributed by atoms with Gasteiger partial charge in [0.1, 0.15) is 0 Å². The van der Waals surface area contributed by atoms with E-state index in [4.69, 9.17) is 4.89 Å². The highest BCUT2D eigenvalue weighted by atomic mass is 31.1. The van der Waals surface area contributed by atoms with Crippen LogP contribution < -0.4 is 0 Å². The van der Waals surface area contributed by atoms with Crippen molar-refractivity contribution in [2.75, 3.05) is 0 Å². The fourth-order valence-corrected chi connectivity index (χ4v) is 0.724. The number of rotatable bonds is 3. The van der Waals surface area contributed by atoms with Crippen molar-refractivity contribution in [1.29, 1.82) is 0 Å². The Balaban J connectivity index is 3.49. The normalized spacial score (nSPS) is 11.0. The van der Waals surface area contributed by atoms with E-state index in [1.165, 1.54) is 0 Å². The van der Waals surface area contributed by atoms with Gasteiger partial charge in [-0.3, -0.25) is 0 Å². The summed E-state index contributed by atoms with van der Waals surface area (Å²) in [4.78, 5) is 18.3. The van der Waals surface area contributed by atoms with Crippen LogP contribution >= 0.6 is 8.03 Å². The van der Waals surface area contributed by atoms with Crippen molar-refractivity contribution in [3.05, 3.63) is 0 Å². The second-order valence-corrected chi connectivity index (χ2v) is 2.46. The first-order valence-electron chi connectivity index (χ1n) is 2.37. The van der Waals surface area contributed by atoms with E-state index in [2.05, 4.69) is 0 Å². The highest BCUT2D eigenvalue weighted by Crippen LogP contribution is 2.16. The molecule has 0 radical (unpaired) electrons. The SMILES string of the molecule is CCCC(=O)[P+](=O)O. The molecule has 4 heteroatoms. The van der Waals surface area contributed by atoms with Crippen LogP contribution in [0.25, 0.3) is 0 Å². The van der Waals surface area contributed by atoms with Gasteiger partial charge in [0.2, 0.25) is 0 Å². The van der Waals surface area contributed by atoms with Crippen molar-refractivity contribution in [1.82, 2.24) is 0 Å². The van der Waals surface area contributed by atoms with Gasteiger partial charge in [0.15, 0.2) is 0 Å². The number of hydrogen-bond acceptors (Lipinski definition) is 2. The minimum atomic E-state index is -2.56. The maximum atomic E-state index is 10.2. The zero-order valence-corrected chi connectivity index (χ0v) is 5.52. The lowest BCUT2D eigenvalue weighted by Crippen LogP contribution is -1.86. The van der Waals surface area contributed by atoms with Gasteiger partial charge in [-0.25, -0.2) is 4.79 Å². The molecule has 0 amide bonds. The topological polar surface area (TPSA) is 54.4 Å². The highest BCUT2D eigenvalue weighted by molar-refractivity contribution is 7.58. The Hall–Kier alpha value is -0.270. The Bertz CT molecular complexity index is 110. The summed E-state index contributed by atoms with van der Waals surface area (Å²) in [6.45, 7) is 1.79. The average molecular weight is 135 g/mol. The third kappa shape index (κ3) is 2.83. The smallest absolute Gasteiger partial charge is 0.237 e. The molecule has 3 nitrogen and oxygen atoms in total. The molecule has 46 valence electrons. The Kier molecular flexibility index (Phi) is 3.57. The molecule has 1 unspecified atom stereocenters. The molecule has 0 saturated heterocycles. The molecule has 1 atom stereocenters. The molecule has 0 aromatic heterocycles. The van der Waals surface area contributed by atoms with Gasteiger partial charge >= 0.3 is 13.6 Å². The molecule has 8 heavy (non-hydrogen) atoms. The van der Waals surface area contributed by atoms with Gasteiger partial charge in [0, 0.05) is 0 Å². The van der Waals surface area contributed by atoms with Crippen molar-refractivity contribution in [2.45, 2.75) is 19.8 Å². The van der Waals surface area contributed by atoms with Crippen LogP contribution in [-0.2, 0) is 9.36 Å². The summed E-state index contributed by atoms with van der Waals surface area (Å²) in [5, 5.41) is 0. The Morgan fingerprint density at radius 3 is 2.38 bits per heavy atom. The molecule has 1 N–H and O–H groups in total. The van der Waals surface area contributed by atoms with Crippen LogP contribution in [0.1, 0.15) is 19.8 Å². The Labute approximate surface area is 48.6 Å². The molecule has 0 aliphatic rings. The van der Waals surface area contributed by atoms with Gasteiger partial charge in [-0.1, -0.05) is 6.92 Å². The van der Waals surface area contributed by atoms with Gasteiger partial charge in [-0.15, -0.1) is 0 Å². The van der Waals surface area contributed by atoms with Crippen LogP contribution in [0.3, 0.4) is 0 Å². The van der Waals surface area contributed by atoms with Gasteiger partial charge in [0.25, 0.3) is 0 Å². The fraction of sp³-hybridized carbons (Fsp3) is 0.750. The van der Waals surface area contributed by atoms with Crippen LogP contribution in [0.2, 0.25) is 0 Å². The van der Waals surface area contributed by atoms with Gasteiger partial charge in [0.05, 0.1) is 6.42 Å². The van der Waals surface area contributed by atoms with Crippen molar-refractivity contribution >= 4 is 13.6 Å². The van der Waals surface area contributed by atoms with Crippen molar-refractivity contribution in [2.24, 2.45) is 0 Å². The van der Waals surface area contributed by atoms with Crippen LogP contribution in [0.4, 0.5) is 0 Å². The average Bonchev–Trinajstić information content (AvgIpc) is 1.67. The summed E-state index contributed by atoms with van der Waals surface area (Å²) in [6, 6.07) is 0. The van der Waals surface area contributed by atoms with Gasteiger partial charge in [-0.05, 0) is 11.0 Å². The van der Waals surface area contributed by atoms with Crippen LogP contribution in [0.5, 0.6) is 0 Å². The summed E-state index contributed by atoms with van der Waals surface area (Å²) < 4.78 is 9.89. The standard InChI is InChI=1S/C4H7O3P/c1-2-3-4(5)8(6)7/h2-3H2,1H3/p+1. The van der Waals surface area contributed by atoms with Crippen LogP contribution in [0.15, 0.2) is 0 Å². The summed E-state index contributed by atoms with van der Waals surface area (Å²) in [5.74, 6) is 0. The van der Waals surface area contributed by atoms with Crippen LogP contribution in [0, 0.1) is 0 Å². The van der Waals surface area contributed by atoms with E-state index >= 15 is 0 Å². The third-order valence-electron chi connectivity index (χ3n) is 0.677. The summed E-state index contributed by atoms with van der Waals surface area (Å²) in [5.41, 5.74) is -0.553. The number of carbonyl (C=O) groups excluding carboxylic acids is 1. The van der Waals surface area contributed by atoms with E-state index in [1.54, 1.807) is 6.92 Å². The van der Waals surface area contributed by atoms with E-state index < -0.39 is 13.6 Å². The fourth-order valence-electron chi connectivity index (χ4n) is 0.310. The maximum Gasteiger partial charge on any atom is 0.584 e. The molecule has 0 aromatic rings. The zero-order valence-electron chi connectivity index (χ0n) is 4.63. The molecule has 0 aliphatic heterocycles. The second kappa shape index (κ2) is 3.70. The predicted molar refractivity (Wildman–Crippen MR) is 29.7 cm³/mol. The molecule has 0 heterocycles. The van der Waals surface area contributed by atoms with E-state index in [0.717, 1.165) is 0 Å². The van der Waals surface area contributed by atoms with Crippen molar-refractivity contribution in [3.63, 3.8) is 0 Å². The Morgan fingerprint density at radius 1 is 1.75 bits per heavy atom. The van der Waals surface area contributed by atoms with E-state index in [-0.39, 0.29) is 6.42 Å². The second-order valence-electron chi connectivity index (χ2n) is 1.42. The van der Waals surface area contributed by atoms with Crippen LogP contribution in [-0.4, -0.2) is 10.4 Å². The molecular formula is C4H8O3P+. The third-order valence-corrected chi connectivity index (χ3v) is 1.33. The van der Waals surface area contributed by atoms with Crippen molar-refractivity contribution in [3.8, 4) is 0 Å². The molecule has 0 bridgehead atoms. The maximum absolute atomic E-state index is 10.2. The van der Waals surface area contributed by atoms with E-state index in [0.29, 0.717) is 6.42 Å². The summed E-state index contributed by atoms with van der Waals surface area (Å²) in [7, 11) is -2.56. The van der Waals surface area contributed by atoms with E-state index in [9.17, 15) is 9.36 Å². The molecule has 0 spiro atoms. The van der Waals surface area contributed by atoms with Crippen molar-refractivity contribution < 1.29 is 14.3 Å². The minimum Gasteiger partial charge on any atom is -0.237 e. The molecule has 0 rings (SSSR count). The summed E-state index contributed by atoms with van der Waals surface area (Å²) >= 11 is 0. The first-order valence-corrected chi connectivity index (χ1v) is 3.58. The lowest BCUT2D eigenvalue weighted by molar-refractivity contribution is -0.112. The summed E-state index contributed by atoms with van der Waals surface area (Å²) in [6.07, 6.45) is 0.853. The van der Waals surface area contributed by atoms with E-state index in [1.807, 2.05) is 0 Å². The first-order chi connectivity index (χ1) is 3.68. The molecule has 0 saturated carbocycles. The molecular weight excluding hydrogens is 127 g/mol. The molecule has 0 fully saturated rings. The molecule has 0 aromatic carbocycles. The predicted octanol–water partition coefficient (Wildman–Crippen LogP) is 1.05. The number of carbonyl (C=O) groups is 1. The highest BCUT2D eigenvalue weighted by Gasteiger charge is 2.23. The zero-order chi connectivity index (χ0) is 6.57. The monoisotopic (exact) mass is 135 g/mol. The quantitative estimate of drug-likeness (QED) is 0.588. The van der Waals surface area contributed by atoms with Gasteiger partial charge < -0.3 is 0 Å². The van der Waals surface area contributed by atoms with Gasteiger partial charge in [-0.2, -0.15) is 4.89 Å². The lowest BCUT2D eigenvalue weighted by Gasteiger charge is -1.75.